The van der Waals surface area contributed by atoms with E-state index in [0.717, 1.165) is 48.5 Å². The van der Waals surface area contributed by atoms with E-state index in [1.165, 1.54) is 19.3 Å². The molecule has 4 aliphatic carbocycles. The first-order valence-corrected chi connectivity index (χ1v) is 10.8. The second kappa shape index (κ2) is 8.64. The highest BCUT2D eigenvalue weighted by Gasteiger charge is 2.51. The monoisotopic (exact) mass is 401 g/mol. The molecule has 4 fully saturated rings. The van der Waals surface area contributed by atoms with Gasteiger partial charge in [0.2, 0.25) is 0 Å². The maximum Gasteiger partial charge on any atom is 0.306 e. The zero-order valence-electron chi connectivity index (χ0n) is 17.2. The number of rotatable bonds is 9. The van der Waals surface area contributed by atoms with E-state index in [2.05, 4.69) is 5.32 Å². The van der Waals surface area contributed by atoms with Crippen LogP contribution >= 0.6 is 0 Å². The van der Waals surface area contributed by atoms with Crippen molar-refractivity contribution in [1.82, 2.24) is 5.32 Å². The number of hydrogen-bond acceptors (Lipinski definition) is 5. The van der Waals surface area contributed by atoms with E-state index in [-0.39, 0.29) is 30.4 Å². The number of carbonyl (C=O) groups is 2. The molecule has 0 heterocycles. The predicted octanol–water partition coefficient (Wildman–Crippen LogP) is 3.48. The molecule has 0 saturated heterocycles. The molecule has 1 aromatic carbocycles. The van der Waals surface area contributed by atoms with Gasteiger partial charge in [0.25, 0.3) is 5.91 Å². The first-order valence-electron chi connectivity index (χ1n) is 10.8. The summed E-state index contributed by atoms with van der Waals surface area (Å²) in [7, 11) is 1.62. The van der Waals surface area contributed by atoms with Crippen molar-refractivity contribution in [3.63, 3.8) is 0 Å². The molecule has 0 aliphatic heterocycles. The Hall–Kier alpha value is -2.24. The normalized spacial score (nSPS) is 29.3. The number of nitrogens with one attached hydrogen (secondary N) is 1. The Balaban J connectivity index is 1.12. The Morgan fingerprint density at radius 3 is 2.17 bits per heavy atom. The first kappa shape index (κ1) is 20.0. The van der Waals surface area contributed by atoms with Crippen LogP contribution in [0.4, 0.5) is 0 Å². The average molecular weight is 402 g/mol. The lowest BCUT2D eigenvalue weighted by molar-refractivity contribution is -0.150. The maximum atomic E-state index is 12.4. The fraction of sp³-hybridized carbons (Fsp3) is 0.652. The molecule has 1 aromatic rings. The minimum absolute atomic E-state index is 0.0373. The lowest BCUT2D eigenvalue weighted by Gasteiger charge is -2.56. The van der Waals surface area contributed by atoms with E-state index in [1.807, 2.05) is 24.3 Å². The summed E-state index contributed by atoms with van der Waals surface area (Å²) in [5.74, 6) is 3.31. The third-order valence-corrected chi connectivity index (χ3v) is 6.66. The van der Waals surface area contributed by atoms with Crippen molar-refractivity contribution in [3.05, 3.63) is 24.3 Å². The van der Waals surface area contributed by atoms with Crippen molar-refractivity contribution >= 4 is 11.9 Å². The highest BCUT2D eigenvalue weighted by Crippen LogP contribution is 2.55. The van der Waals surface area contributed by atoms with Crippen LogP contribution in [0.2, 0.25) is 0 Å². The first-order chi connectivity index (χ1) is 14.0. The molecule has 5 rings (SSSR count). The van der Waals surface area contributed by atoms with E-state index in [4.69, 9.17) is 14.2 Å². The van der Waals surface area contributed by atoms with Gasteiger partial charge in [0.15, 0.2) is 6.61 Å². The SMILES string of the molecule is COc1ccc(OCCCC(=O)OCC(=O)NC23CC4CC(CC(C4)C2)C3)cc1. The minimum atomic E-state index is -0.357. The molecule has 1 N–H and O–H groups in total. The smallest absolute Gasteiger partial charge is 0.306 e. The zero-order chi connectivity index (χ0) is 20.3. The number of esters is 1. The van der Waals surface area contributed by atoms with Gasteiger partial charge < -0.3 is 19.5 Å². The van der Waals surface area contributed by atoms with Crippen LogP contribution in [0, 0.1) is 17.8 Å². The number of hydrogen-bond donors (Lipinski definition) is 1. The van der Waals surface area contributed by atoms with Crippen molar-refractivity contribution in [1.29, 1.82) is 0 Å². The van der Waals surface area contributed by atoms with Gasteiger partial charge in [-0.3, -0.25) is 9.59 Å². The summed E-state index contributed by atoms with van der Waals surface area (Å²) >= 11 is 0. The lowest BCUT2D eigenvalue weighted by atomic mass is 9.53. The Morgan fingerprint density at radius 2 is 1.59 bits per heavy atom. The fourth-order valence-corrected chi connectivity index (χ4v) is 5.89. The van der Waals surface area contributed by atoms with Crippen molar-refractivity contribution in [2.45, 2.75) is 56.9 Å². The quantitative estimate of drug-likeness (QED) is 0.507. The second-order valence-electron chi connectivity index (χ2n) is 9.03. The summed E-state index contributed by atoms with van der Waals surface area (Å²) in [6, 6.07) is 7.30. The third-order valence-electron chi connectivity index (χ3n) is 6.66. The van der Waals surface area contributed by atoms with Crippen LogP contribution in [0.15, 0.2) is 24.3 Å². The van der Waals surface area contributed by atoms with Crippen LogP contribution in [0.25, 0.3) is 0 Å². The summed E-state index contributed by atoms with van der Waals surface area (Å²) in [4.78, 5) is 24.3. The Bertz CT molecular complexity index is 694. The van der Waals surface area contributed by atoms with Crippen molar-refractivity contribution in [2.75, 3.05) is 20.3 Å². The molecule has 0 radical (unpaired) electrons. The molecule has 6 nitrogen and oxygen atoms in total. The van der Waals surface area contributed by atoms with Gasteiger partial charge in [0.05, 0.1) is 13.7 Å². The Morgan fingerprint density at radius 1 is 1.00 bits per heavy atom. The van der Waals surface area contributed by atoms with Crippen LogP contribution in [0.5, 0.6) is 11.5 Å². The van der Waals surface area contributed by atoms with Crippen LogP contribution in [0.1, 0.15) is 51.4 Å². The van der Waals surface area contributed by atoms with Gasteiger partial charge in [-0.2, -0.15) is 0 Å². The maximum absolute atomic E-state index is 12.4. The highest BCUT2D eigenvalue weighted by molar-refractivity contribution is 5.81. The van der Waals surface area contributed by atoms with Crippen LogP contribution < -0.4 is 14.8 Å². The van der Waals surface area contributed by atoms with Gasteiger partial charge in [-0.1, -0.05) is 0 Å². The standard InChI is InChI=1S/C23H31NO5/c1-27-19-4-6-20(7-5-19)28-8-2-3-22(26)29-15-21(25)24-23-12-16-9-17(13-23)11-18(10-16)14-23/h4-7,16-18H,2-3,8-15H2,1H3,(H,24,25). The second-order valence-corrected chi connectivity index (χ2v) is 9.03. The number of benzene rings is 1. The van der Waals surface area contributed by atoms with Crippen LogP contribution in [0.3, 0.4) is 0 Å². The summed E-state index contributed by atoms with van der Waals surface area (Å²) in [5, 5.41) is 3.23. The number of carbonyl (C=O) groups excluding carboxylic acids is 2. The number of amides is 1. The van der Waals surface area contributed by atoms with Gasteiger partial charge in [0, 0.05) is 12.0 Å². The molecular formula is C23H31NO5. The Labute approximate surface area is 172 Å². The number of methoxy groups -OCH3 is 1. The molecule has 0 atom stereocenters. The number of ether oxygens (including phenoxy) is 3. The van der Waals surface area contributed by atoms with Crippen molar-refractivity contribution in [3.8, 4) is 11.5 Å². The van der Waals surface area contributed by atoms with Gasteiger partial charge in [-0.15, -0.1) is 0 Å². The Kier molecular flexibility index (Phi) is 5.97. The van der Waals surface area contributed by atoms with E-state index >= 15 is 0 Å². The summed E-state index contributed by atoms with van der Waals surface area (Å²) in [6.07, 6.45) is 8.08. The lowest BCUT2D eigenvalue weighted by Crippen LogP contribution is -2.60. The molecular weight excluding hydrogens is 370 g/mol. The van der Waals surface area contributed by atoms with Gasteiger partial charge >= 0.3 is 5.97 Å². The highest BCUT2D eigenvalue weighted by atomic mass is 16.5. The van der Waals surface area contributed by atoms with E-state index in [0.29, 0.717) is 13.0 Å². The molecule has 4 bridgehead atoms. The van der Waals surface area contributed by atoms with Crippen LogP contribution in [-0.2, 0) is 14.3 Å². The van der Waals surface area contributed by atoms with Gasteiger partial charge in [0.1, 0.15) is 11.5 Å². The van der Waals surface area contributed by atoms with Gasteiger partial charge in [-0.25, -0.2) is 0 Å². The van der Waals surface area contributed by atoms with E-state index in [1.54, 1.807) is 7.11 Å². The van der Waals surface area contributed by atoms with Crippen molar-refractivity contribution in [2.24, 2.45) is 17.8 Å². The van der Waals surface area contributed by atoms with E-state index in [9.17, 15) is 9.59 Å². The minimum Gasteiger partial charge on any atom is -0.497 e. The summed E-state index contributed by atoms with van der Waals surface area (Å²) < 4.78 is 15.9. The average Bonchev–Trinajstić information content (AvgIpc) is 2.69. The predicted molar refractivity (Wildman–Crippen MR) is 108 cm³/mol. The topological polar surface area (TPSA) is 73.9 Å². The zero-order valence-corrected chi connectivity index (χ0v) is 17.2. The van der Waals surface area contributed by atoms with Gasteiger partial charge in [-0.05, 0) is 87.0 Å². The fourth-order valence-electron chi connectivity index (χ4n) is 5.89. The molecule has 29 heavy (non-hydrogen) atoms. The molecule has 0 spiro atoms. The molecule has 1 amide bonds. The largest absolute Gasteiger partial charge is 0.497 e. The van der Waals surface area contributed by atoms with Crippen LogP contribution in [-0.4, -0.2) is 37.7 Å². The molecule has 0 aromatic heterocycles. The van der Waals surface area contributed by atoms with Crippen molar-refractivity contribution < 1.29 is 23.8 Å². The summed E-state index contributed by atoms with van der Waals surface area (Å²) in [5.41, 5.74) is -0.0373. The molecule has 4 aliphatic rings. The molecule has 0 unspecified atom stereocenters. The summed E-state index contributed by atoms with van der Waals surface area (Å²) in [6.45, 7) is 0.237. The van der Waals surface area contributed by atoms with E-state index < -0.39 is 0 Å². The third kappa shape index (κ3) is 5.03. The molecule has 158 valence electrons. The molecule has 4 saturated carbocycles. The molecule has 6 heteroatoms.